The van der Waals surface area contributed by atoms with Gasteiger partial charge in [0.25, 0.3) is 21.6 Å². The molecule has 1 aromatic heterocycles. The molecule has 1 unspecified atom stereocenters. The van der Waals surface area contributed by atoms with E-state index in [0.29, 0.717) is 0 Å². The molecule has 9 heteroatoms. The van der Waals surface area contributed by atoms with Crippen LogP contribution < -0.4 is 15.7 Å². The molecule has 28 heavy (non-hydrogen) atoms. The number of nitrogens with one attached hydrogen (secondary N) is 1. The number of amides is 1. The molecular formula is C19H18N2O6S. The number of aromatic nitrogens is 1. The van der Waals surface area contributed by atoms with Crippen molar-refractivity contribution in [3.63, 3.8) is 0 Å². The molecule has 0 spiro atoms. The summed E-state index contributed by atoms with van der Waals surface area (Å²) >= 11 is 0. The molecule has 0 saturated carbocycles. The van der Waals surface area contributed by atoms with E-state index in [4.69, 9.17) is 4.84 Å². The number of benzene rings is 1. The van der Waals surface area contributed by atoms with Gasteiger partial charge in [-0.3, -0.25) is 14.1 Å². The van der Waals surface area contributed by atoms with Gasteiger partial charge in [-0.05, 0) is 17.7 Å². The highest BCUT2D eigenvalue weighted by molar-refractivity contribution is 7.87. The minimum atomic E-state index is -4.67. The number of allylic oxidation sites excluding steroid dienone is 2. The molecule has 1 amide bonds. The molecule has 2 aromatic rings. The van der Waals surface area contributed by atoms with Crippen molar-refractivity contribution in [2.45, 2.75) is 17.9 Å². The smallest absolute Gasteiger partial charge is 0.293 e. The van der Waals surface area contributed by atoms with Gasteiger partial charge in [0.1, 0.15) is 12.3 Å². The van der Waals surface area contributed by atoms with Crippen LogP contribution in [0.5, 0.6) is 0 Å². The van der Waals surface area contributed by atoms with Crippen LogP contribution >= 0.6 is 0 Å². The molecule has 3 rings (SSSR count). The van der Waals surface area contributed by atoms with E-state index in [2.05, 4.69) is 5.32 Å². The lowest BCUT2D eigenvalue weighted by molar-refractivity contribution is 0.0700. The number of hydrogen-bond donors (Lipinski definition) is 2. The lowest BCUT2D eigenvalue weighted by Crippen LogP contribution is -2.53. The third kappa shape index (κ3) is 4.05. The Balaban J connectivity index is 1.90. The first kappa shape index (κ1) is 19.6. The van der Waals surface area contributed by atoms with Crippen molar-refractivity contribution in [1.82, 2.24) is 10.0 Å². The van der Waals surface area contributed by atoms with Gasteiger partial charge in [0.15, 0.2) is 4.87 Å². The predicted octanol–water partition coefficient (Wildman–Crippen LogP) is 1.31. The molecule has 1 aliphatic rings. The summed E-state index contributed by atoms with van der Waals surface area (Å²) in [6, 6.07) is 12.9. The molecule has 0 bridgehead atoms. The Labute approximate surface area is 161 Å². The van der Waals surface area contributed by atoms with Gasteiger partial charge >= 0.3 is 0 Å². The van der Waals surface area contributed by atoms with Crippen LogP contribution in [-0.4, -0.2) is 28.5 Å². The summed E-state index contributed by atoms with van der Waals surface area (Å²) in [5, 5.41) is 2.30. The highest BCUT2D eigenvalue weighted by atomic mass is 32.2. The summed E-state index contributed by atoms with van der Waals surface area (Å²) in [7, 11) is -4.67. The lowest BCUT2D eigenvalue weighted by atomic mass is 10.1. The van der Waals surface area contributed by atoms with E-state index >= 15 is 0 Å². The first-order valence-electron chi connectivity index (χ1n) is 8.36. The number of carbonyl (C=O) groups is 1. The second kappa shape index (κ2) is 7.83. The van der Waals surface area contributed by atoms with Crippen LogP contribution in [0.15, 0.2) is 77.6 Å². The Morgan fingerprint density at radius 2 is 1.89 bits per heavy atom. The first-order valence-corrected chi connectivity index (χ1v) is 9.80. The molecule has 0 fully saturated rings. The minimum Gasteiger partial charge on any atom is -0.405 e. The van der Waals surface area contributed by atoms with E-state index in [9.17, 15) is 22.6 Å². The average molecular weight is 402 g/mol. The topological polar surface area (TPSA) is 115 Å². The van der Waals surface area contributed by atoms with Crippen LogP contribution in [-0.2, 0) is 16.7 Å². The Morgan fingerprint density at radius 1 is 1.14 bits per heavy atom. The van der Waals surface area contributed by atoms with Gasteiger partial charge in [0.2, 0.25) is 0 Å². The zero-order valence-electron chi connectivity index (χ0n) is 14.7. The monoisotopic (exact) mass is 402 g/mol. The van der Waals surface area contributed by atoms with Crippen molar-refractivity contribution in [3.05, 3.63) is 94.4 Å². The van der Waals surface area contributed by atoms with Gasteiger partial charge in [0, 0.05) is 12.5 Å². The standard InChI is InChI=1S/C19H18N2O6S/c22-17-11-7-10-16(21(17)27-14-15-8-3-1-4-9-15)18(23)20-19(28(24,25)26)12-5-2-6-13-19/h1-12H,13-14H2,(H,20,23)(H,24,25,26). The second-order valence-corrected chi connectivity index (χ2v) is 7.79. The van der Waals surface area contributed by atoms with Crippen molar-refractivity contribution in [2.24, 2.45) is 0 Å². The molecule has 1 aliphatic carbocycles. The maximum absolute atomic E-state index is 12.8. The van der Waals surface area contributed by atoms with Crippen LogP contribution in [0.1, 0.15) is 22.5 Å². The zero-order chi connectivity index (χ0) is 20.2. The SMILES string of the molecule is O=C(NC1(S(=O)(=O)O)C=CC=CC1)c1cccc(=O)n1OCc1ccccc1. The predicted molar refractivity (Wildman–Crippen MR) is 102 cm³/mol. The third-order valence-corrected chi connectivity index (χ3v) is 5.49. The van der Waals surface area contributed by atoms with Crippen LogP contribution in [0.25, 0.3) is 0 Å². The Hall–Kier alpha value is -3.17. The zero-order valence-corrected chi connectivity index (χ0v) is 15.5. The summed E-state index contributed by atoms with van der Waals surface area (Å²) < 4.78 is 34.2. The summed E-state index contributed by atoms with van der Waals surface area (Å²) in [4.78, 5) is 28.4. The Bertz CT molecular complexity index is 1090. The third-order valence-electron chi connectivity index (χ3n) is 4.17. The highest BCUT2D eigenvalue weighted by Crippen LogP contribution is 2.24. The van der Waals surface area contributed by atoms with E-state index in [1.807, 2.05) is 6.07 Å². The molecule has 1 heterocycles. The van der Waals surface area contributed by atoms with Gasteiger partial charge in [-0.25, -0.2) is 0 Å². The van der Waals surface area contributed by atoms with Gasteiger partial charge in [-0.1, -0.05) is 54.6 Å². The first-order chi connectivity index (χ1) is 13.3. The van der Waals surface area contributed by atoms with Crippen molar-refractivity contribution >= 4 is 16.0 Å². The average Bonchev–Trinajstić information content (AvgIpc) is 2.67. The summed E-state index contributed by atoms with van der Waals surface area (Å²) in [6.07, 6.45) is 5.52. The molecule has 1 atom stereocenters. The lowest BCUT2D eigenvalue weighted by Gasteiger charge is -2.29. The number of pyridine rings is 1. The maximum atomic E-state index is 12.8. The van der Waals surface area contributed by atoms with E-state index in [0.717, 1.165) is 10.3 Å². The summed E-state index contributed by atoms with van der Waals surface area (Å²) in [6.45, 7) is 0.0249. The van der Waals surface area contributed by atoms with E-state index < -0.39 is 26.5 Å². The molecule has 0 radical (unpaired) electrons. The number of hydrogen-bond acceptors (Lipinski definition) is 5. The van der Waals surface area contributed by atoms with E-state index in [-0.39, 0.29) is 18.7 Å². The molecule has 0 saturated heterocycles. The van der Waals surface area contributed by atoms with Crippen LogP contribution in [0.4, 0.5) is 0 Å². The van der Waals surface area contributed by atoms with Crippen molar-refractivity contribution in [3.8, 4) is 0 Å². The maximum Gasteiger partial charge on any atom is 0.293 e. The molecule has 8 nitrogen and oxygen atoms in total. The van der Waals surface area contributed by atoms with Crippen LogP contribution in [0, 0.1) is 0 Å². The molecular weight excluding hydrogens is 384 g/mol. The largest absolute Gasteiger partial charge is 0.405 e. The fourth-order valence-corrected chi connectivity index (χ4v) is 3.47. The van der Waals surface area contributed by atoms with Crippen LogP contribution in [0.2, 0.25) is 0 Å². The van der Waals surface area contributed by atoms with E-state index in [1.165, 1.54) is 36.4 Å². The van der Waals surface area contributed by atoms with Gasteiger partial charge in [-0.2, -0.15) is 8.42 Å². The van der Waals surface area contributed by atoms with Gasteiger partial charge < -0.3 is 10.2 Å². The molecule has 146 valence electrons. The second-order valence-electron chi connectivity index (χ2n) is 6.11. The number of nitrogens with zero attached hydrogens (tertiary/aromatic N) is 1. The van der Waals surface area contributed by atoms with Crippen molar-refractivity contribution < 1.29 is 22.6 Å². The number of rotatable bonds is 6. The summed E-state index contributed by atoms with van der Waals surface area (Å²) in [5.41, 5.74) is -0.0163. The van der Waals surface area contributed by atoms with Gasteiger partial charge in [-0.15, -0.1) is 4.73 Å². The van der Waals surface area contributed by atoms with Crippen LogP contribution in [0.3, 0.4) is 0 Å². The van der Waals surface area contributed by atoms with Crippen molar-refractivity contribution in [2.75, 3.05) is 0 Å². The summed E-state index contributed by atoms with van der Waals surface area (Å²) in [5.74, 6) is -0.886. The number of carbonyl (C=O) groups excluding carboxylic acids is 1. The highest BCUT2D eigenvalue weighted by Gasteiger charge is 2.42. The normalized spacial score (nSPS) is 18.6. The quantitative estimate of drug-likeness (QED) is 0.704. The fraction of sp³-hybridized carbons (Fsp3) is 0.158. The molecule has 0 aliphatic heterocycles. The van der Waals surface area contributed by atoms with Gasteiger partial charge in [0.05, 0.1) is 0 Å². The molecule has 2 N–H and O–H groups in total. The van der Waals surface area contributed by atoms with Crippen molar-refractivity contribution in [1.29, 1.82) is 0 Å². The Kier molecular flexibility index (Phi) is 5.48. The minimum absolute atomic E-state index is 0.0249. The molecule has 1 aromatic carbocycles. The fourth-order valence-electron chi connectivity index (χ4n) is 2.70. The Morgan fingerprint density at radius 3 is 2.54 bits per heavy atom. The van der Waals surface area contributed by atoms with E-state index in [1.54, 1.807) is 30.3 Å².